The smallest absolute Gasteiger partial charge is 0.177 e. The fourth-order valence-corrected chi connectivity index (χ4v) is 4.69. The maximum Gasteiger partial charge on any atom is 0.177 e. The van der Waals surface area contributed by atoms with E-state index in [1.807, 2.05) is 47.1 Å². The first kappa shape index (κ1) is 27.9. The molecule has 1 aliphatic carbocycles. The van der Waals surface area contributed by atoms with Gasteiger partial charge in [0.1, 0.15) is 5.69 Å². The van der Waals surface area contributed by atoms with Crippen molar-refractivity contribution < 1.29 is 0 Å². The van der Waals surface area contributed by atoms with Crippen molar-refractivity contribution in [3.05, 3.63) is 72.2 Å². The van der Waals surface area contributed by atoms with Crippen LogP contribution in [-0.2, 0) is 0 Å². The van der Waals surface area contributed by atoms with Crippen molar-refractivity contribution in [1.82, 2.24) is 14.5 Å². The van der Waals surface area contributed by atoms with Crippen molar-refractivity contribution >= 4 is 39.8 Å². The zero-order valence-electron chi connectivity index (χ0n) is 23.9. The summed E-state index contributed by atoms with van der Waals surface area (Å²) < 4.78 is 1.86. The number of allylic oxidation sites excluding steroid dienone is 2. The molecule has 1 aromatic carbocycles. The molecule has 4 N–H and O–H groups in total. The van der Waals surface area contributed by atoms with E-state index in [1.165, 1.54) is 5.69 Å². The number of rotatable bonds is 11. The molecule has 2 aromatic heterocycles. The summed E-state index contributed by atoms with van der Waals surface area (Å²) in [6, 6.07) is 14.7. The Morgan fingerprint density at radius 2 is 1.77 bits per heavy atom. The van der Waals surface area contributed by atoms with Gasteiger partial charge in [-0.2, -0.15) is 0 Å². The number of aliphatic imine (C=N–C) groups is 1. The Bertz CT molecular complexity index is 1390. The molecule has 0 atom stereocenters. The van der Waals surface area contributed by atoms with Crippen molar-refractivity contribution in [2.24, 2.45) is 10.7 Å². The average molecular weight is 528 g/mol. The topological polar surface area (TPSA) is 101 Å². The van der Waals surface area contributed by atoms with Gasteiger partial charge in [0, 0.05) is 49.8 Å². The Hall–Kier alpha value is -4.11. The van der Waals surface area contributed by atoms with Gasteiger partial charge in [-0.3, -0.25) is 5.41 Å². The zero-order valence-corrected chi connectivity index (χ0v) is 23.9. The van der Waals surface area contributed by atoms with Gasteiger partial charge < -0.3 is 25.8 Å². The molecule has 0 saturated heterocycles. The first-order valence-electron chi connectivity index (χ1n) is 13.6. The number of fused-ring (bicyclic) bond motifs is 1. The molecule has 0 aliphatic heterocycles. The van der Waals surface area contributed by atoms with Crippen LogP contribution in [-0.4, -0.2) is 72.3 Å². The lowest BCUT2D eigenvalue weighted by Crippen LogP contribution is -2.32. The fourth-order valence-electron chi connectivity index (χ4n) is 4.69. The third-order valence-electron chi connectivity index (χ3n) is 6.84. The molecule has 9 nitrogen and oxygen atoms in total. The lowest BCUT2D eigenvalue weighted by Gasteiger charge is -2.27. The number of anilines is 3. The highest BCUT2D eigenvalue weighted by Crippen LogP contribution is 2.34. The summed E-state index contributed by atoms with van der Waals surface area (Å²) in [6.45, 7) is 12.1. The molecule has 4 rings (SSSR count). The standard InChI is InChI=1S/C30H41N9/c1-7-37(18-17-36(5)6)30-29(28-11-9-10-16-39(28)35-30)34-27-20-26(24(31)19-25(27)32)33-22-12-14-23(15-13-22)38(8-2)21(3)4/h9-16,19-21,31,33H,7-8,17-18,32H2,1-6H3. The molecule has 1 aliphatic rings. The largest absolute Gasteiger partial charge is 0.397 e. The predicted molar refractivity (Wildman–Crippen MR) is 165 cm³/mol. The van der Waals surface area contributed by atoms with Crippen molar-refractivity contribution in [2.75, 3.05) is 55.4 Å². The molecule has 0 unspecified atom stereocenters. The molecule has 39 heavy (non-hydrogen) atoms. The highest BCUT2D eigenvalue weighted by molar-refractivity contribution is 6.24. The molecule has 3 aromatic rings. The SMILES string of the molecule is CCN(CCN(C)C)c1nn2ccccc2c1N=C1C=C(Nc2ccc(N(CC)C(C)C)cc2)C(=N)C=C1N. The number of hydrogen-bond acceptors (Lipinski definition) is 8. The number of pyridine rings is 1. The van der Waals surface area contributed by atoms with Gasteiger partial charge in [0.15, 0.2) is 5.82 Å². The second-order valence-corrected chi connectivity index (χ2v) is 10.2. The first-order chi connectivity index (χ1) is 18.7. The summed E-state index contributed by atoms with van der Waals surface area (Å²) in [7, 11) is 4.14. The molecular weight excluding hydrogens is 486 g/mol. The number of hydrogen-bond donors (Lipinski definition) is 3. The molecule has 0 amide bonds. The number of aromatic nitrogens is 2. The number of likely N-dealkylation sites (N-methyl/N-ethyl adjacent to an activating group) is 2. The van der Waals surface area contributed by atoms with Crippen molar-refractivity contribution in [2.45, 2.75) is 33.7 Å². The molecule has 0 fully saturated rings. The van der Waals surface area contributed by atoms with E-state index in [1.54, 1.807) is 6.08 Å². The minimum Gasteiger partial charge on any atom is -0.397 e. The van der Waals surface area contributed by atoms with Crippen LogP contribution in [0.3, 0.4) is 0 Å². The molecule has 0 radical (unpaired) electrons. The highest BCUT2D eigenvalue weighted by Gasteiger charge is 2.21. The number of nitrogens with two attached hydrogens (primary N) is 1. The van der Waals surface area contributed by atoms with E-state index >= 15 is 0 Å². The Balaban J connectivity index is 1.69. The second-order valence-electron chi connectivity index (χ2n) is 10.2. The van der Waals surface area contributed by atoms with Crippen LogP contribution in [0.25, 0.3) is 5.52 Å². The molecule has 9 heteroatoms. The molecule has 0 saturated carbocycles. The summed E-state index contributed by atoms with van der Waals surface area (Å²) in [5.74, 6) is 0.815. The number of nitrogens with one attached hydrogen (secondary N) is 2. The van der Waals surface area contributed by atoms with Gasteiger partial charge >= 0.3 is 0 Å². The monoisotopic (exact) mass is 527 g/mol. The van der Waals surface area contributed by atoms with Crippen molar-refractivity contribution in [1.29, 1.82) is 5.41 Å². The van der Waals surface area contributed by atoms with Gasteiger partial charge in [0.05, 0.1) is 28.3 Å². The van der Waals surface area contributed by atoms with E-state index in [0.717, 1.165) is 48.9 Å². The van der Waals surface area contributed by atoms with Crippen LogP contribution < -0.4 is 20.9 Å². The van der Waals surface area contributed by atoms with Gasteiger partial charge in [-0.25, -0.2) is 9.51 Å². The lowest BCUT2D eigenvalue weighted by atomic mass is 10.0. The molecule has 2 heterocycles. The summed E-state index contributed by atoms with van der Waals surface area (Å²) in [5, 5.41) is 16.8. The van der Waals surface area contributed by atoms with Crippen molar-refractivity contribution in [3.8, 4) is 0 Å². The van der Waals surface area contributed by atoms with Crippen LogP contribution in [0.4, 0.5) is 22.9 Å². The van der Waals surface area contributed by atoms with Gasteiger partial charge in [-0.05, 0) is 90.3 Å². The van der Waals surface area contributed by atoms with Crippen LogP contribution in [0.15, 0.2) is 77.2 Å². The fraction of sp³-hybridized carbons (Fsp3) is 0.367. The summed E-state index contributed by atoms with van der Waals surface area (Å²) in [5.41, 5.74) is 12.2. The predicted octanol–water partition coefficient (Wildman–Crippen LogP) is 4.90. The van der Waals surface area contributed by atoms with E-state index in [2.05, 4.69) is 73.9 Å². The second kappa shape index (κ2) is 12.2. The maximum atomic E-state index is 8.55. The Labute approximate surface area is 231 Å². The van der Waals surface area contributed by atoms with Gasteiger partial charge in [-0.1, -0.05) is 6.07 Å². The number of nitrogens with zero attached hydrogens (tertiary/aromatic N) is 6. The van der Waals surface area contributed by atoms with Crippen LogP contribution in [0.1, 0.15) is 27.7 Å². The molecule has 206 valence electrons. The molecule has 0 spiro atoms. The summed E-state index contributed by atoms with van der Waals surface area (Å²) in [6.07, 6.45) is 5.44. The third-order valence-corrected chi connectivity index (χ3v) is 6.84. The Morgan fingerprint density at radius 3 is 2.41 bits per heavy atom. The van der Waals surface area contributed by atoms with E-state index in [9.17, 15) is 0 Å². The quantitative estimate of drug-likeness (QED) is 0.307. The summed E-state index contributed by atoms with van der Waals surface area (Å²) >= 11 is 0. The number of benzene rings is 1. The minimum atomic E-state index is 0.314. The Morgan fingerprint density at radius 1 is 1.03 bits per heavy atom. The van der Waals surface area contributed by atoms with E-state index in [4.69, 9.17) is 21.2 Å². The average Bonchev–Trinajstić information content (AvgIpc) is 3.26. The van der Waals surface area contributed by atoms with E-state index in [-0.39, 0.29) is 0 Å². The highest BCUT2D eigenvalue weighted by atomic mass is 15.3. The Kier molecular flexibility index (Phi) is 8.71. The first-order valence-corrected chi connectivity index (χ1v) is 13.6. The van der Waals surface area contributed by atoms with Crippen LogP contribution in [0.2, 0.25) is 0 Å². The van der Waals surface area contributed by atoms with E-state index in [0.29, 0.717) is 28.9 Å². The maximum absolute atomic E-state index is 8.55. The summed E-state index contributed by atoms with van der Waals surface area (Å²) in [4.78, 5) is 11.8. The zero-order chi connectivity index (χ0) is 28.1. The molecular formula is C30H41N9. The van der Waals surface area contributed by atoms with Crippen LogP contribution in [0.5, 0.6) is 0 Å². The normalized spacial score (nSPS) is 14.8. The molecule has 0 bridgehead atoms. The third kappa shape index (κ3) is 6.31. The van der Waals surface area contributed by atoms with Crippen molar-refractivity contribution in [3.63, 3.8) is 0 Å². The van der Waals surface area contributed by atoms with E-state index < -0.39 is 0 Å². The minimum absolute atomic E-state index is 0.314. The van der Waals surface area contributed by atoms with Gasteiger partial charge in [0.25, 0.3) is 0 Å². The lowest BCUT2D eigenvalue weighted by molar-refractivity contribution is 0.413. The van der Waals surface area contributed by atoms with Crippen LogP contribution >= 0.6 is 0 Å². The van der Waals surface area contributed by atoms with Gasteiger partial charge in [-0.15, -0.1) is 5.10 Å². The van der Waals surface area contributed by atoms with Crippen LogP contribution in [0, 0.1) is 5.41 Å². The van der Waals surface area contributed by atoms with Gasteiger partial charge in [0.2, 0.25) is 0 Å².